The van der Waals surface area contributed by atoms with Crippen molar-refractivity contribution in [1.29, 1.82) is 0 Å². The number of halogens is 1. The maximum atomic E-state index is 6.05. The summed E-state index contributed by atoms with van der Waals surface area (Å²) in [6.45, 7) is 2.35. The number of aryl methyl sites for hydroxylation is 1. The molecule has 0 saturated carbocycles. The molecule has 0 unspecified atom stereocenters. The van der Waals surface area contributed by atoms with E-state index >= 15 is 0 Å². The molecule has 0 aliphatic carbocycles. The second-order valence-electron chi connectivity index (χ2n) is 2.91. The van der Waals surface area contributed by atoms with Gasteiger partial charge in [-0.3, -0.25) is 0 Å². The second kappa shape index (κ2) is 3.16. The van der Waals surface area contributed by atoms with Crippen LogP contribution >= 0.6 is 23.8 Å². The third-order valence-corrected chi connectivity index (χ3v) is 2.60. The summed E-state index contributed by atoms with van der Waals surface area (Å²) >= 11 is 11.0. The minimum atomic E-state index is 0.408. The number of ether oxygens (including phenoxy) is 1. The van der Waals surface area contributed by atoms with Crippen molar-refractivity contribution in [3.63, 3.8) is 0 Å². The van der Waals surface area contributed by atoms with Crippen LogP contribution in [0, 0.1) is 6.92 Å². The highest BCUT2D eigenvalue weighted by molar-refractivity contribution is 7.80. The fourth-order valence-corrected chi connectivity index (χ4v) is 1.61. The van der Waals surface area contributed by atoms with Gasteiger partial charge in [-0.2, -0.15) is 0 Å². The van der Waals surface area contributed by atoms with E-state index in [1.54, 1.807) is 0 Å². The van der Waals surface area contributed by atoms with Crippen molar-refractivity contribution in [2.45, 2.75) is 6.92 Å². The Labute approximate surface area is 86.8 Å². The quantitative estimate of drug-likeness (QED) is 0.670. The molecule has 0 spiro atoms. The predicted molar refractivity (Wildman–Crippen MR) is 57.9 cm³/mol. The highest BCUT2D eigenvalue weighted by Gasteiger charge is 2.17. The molecule has 0 saturated heterocycles. The first kappa shape index (κ1) is 8.78. The average molecular weight is 214 g/mol. The normalized spacial score (nSPS) is 14.5. The summed E-state index contributed by atoms with van der Waals surface area (Å²) in [6, 6.07) is 3.85. The minimum Gasteiger partial charge on any atom is -0.483 e. The molecule has 0 radical (unpaired) electrons. The molecule has 1 aliphatic heterocycles. The van der Waals surface area contributed by atoms with E-state index in [9.17, 15) is 0 Å². The Hall–Kier alpha value is -0.800. The first-order valence-electron chi connectivity index (χ1n) is 3.90. The first-order valence-corrected chi connectivity index (χ1v) is 4.69. The van der Waals surface area contributed by atoms with Gasteiger partial charge in [-0.05, 0) is 18.6 Å². The summed E-state index contributed by atoms with van der Waals surface area (Å²) in [7, 11) is 0. The van der Waals surface area contributed by atoms with E-state index in [1.807, 2.05) is 19.1 Å². The van der Waals surface area contributed by atoms with Gasteiger partial charge in [0.25, 0.3) is 0 Å². The molecule has 1 aliphatic rings. The zero-order valence-corrected chi connectivity index (χ0v) is 8.63. The van der Waals surface area contributed by atoms with Crippen LogP contribution in [0.15, 0.2) is 12.1 Å². The fraction of sp³-hybridized carbons (Fsp3) is 0.222. The van der Waals surface area contributed by atoms with Gasteiger partial charge in [0.1, 0.15) is 11.6 Å². The van der Waals surface area contributed by atoms with Gasteiger partial charge in [-0.1, -0.05) is 29.9 Å². The summed E-state index contributed by atoms with van der Waals surface area (Å²) in [5, 5.41) is 3.71. The number of rotatable bonds is 0. The number of nitrogens with one attached hydrogen (secondary N) is 1. The lowest BCUT2D eigenvalue weighted by Crippen LogP contribution is -2.23. The largest absolute Gasteiger partial charge is 0.483 e. The van der Waals surface area contributed by atoms with Crippen molar-refractivity contribution in [1.82, 2.24) is 0 Å². The van der Waals surface area contributed by atoms with Crippen LogP contribution in [0.25, 0.3) is 0 Å². The number of hydrogen-bond donors (Lipinski definition) is 1. The number of anilines is 1. The summed E-state index contributed by atoms with van der Waals surface area (Å²) in [5.41, 5.74) is 1.86. The molecular weight excluding hydrogens is 206 g/mol. The monoisotopic (exact) mass is 213 g/mol. The lowest BCUT2D eigenvalue weighted by Gasteiger charge is -2.21. The second-order valence-corrected chi connectivity index (χ2v) is 3.78. The summed E-state index contributed by atoms with van der Waals surface area (Å²) < 4.78 is 5.41. The van der Waals surface area contributed by atoms with Gasteiger partial charge in [0.2, 0.25) is 0 Å². The van der Waals surface area contributed by atoms with Gasteiger partial charge >= 0.3 is 0 Å². The molecule has 4 heteroatoms. The van der Waals surface area contributed by atoms with Crippen molar-refractivity contribution in [3.8, 4) is 5.75 Å². The van der Waals surface area contributed by atoms with Crippen LogP contribution < -0.4 is 10.1 Å². The molecule has 2 nitrogen and oxygen atoms in total. The molecule has 1 aromatic carbocycles. The zero-order valence-electron chi connectivity index (χ0n) is 7.06. The summed E-state index contributed by atoms with van der Waals surface area (Å²) in [6.07, 6.45) is 0. The summed E-state index contributed by atoms with van der Waals surface area (Å²) in [5.74, 6) is 0.704. The van der Waals surface area contributed by atoms with Crippen LogP contribution in [-0.2, 0) is 0 Å². The number of fused-ring (bicyclic) bond motifs is 1. The maximum Gasteiger partial charge on any atom is 0.162 e. The molecule has 0 aromatic heterocycles. The smallest absolute Gasteiger partial charge is 0.162 e. The molecule has 1 N–H and O–H groups in total. The van der Waals surface area contributed by atoms with E-state index in [2.05, 4.69) is 5.32 Å². The Morgan fingerprint density at radius 1 is 1.54 bits per heavy atom. The molecule has 13 heavy (non-hydrogen) atoms. The van der Waals surface area contributed by atoms with E-state index in [4.69, 9.17) is 28.6 Å². The van der Waals surface area contributed by atoms with Gasteiger partial charge in [0, 0.05) is 0 Å². The van der Waals surface area contributed by atoms with Gasteiger partial charge in [0.05, 0.1) is 10.7 Å². The van der Waals surface area contributed by atoms with E-state index < -0.39 is 0 Å². The van der Waals surface area contributed by atoms with Crippen molar-refractivity contribution in [2.24, 2.45) is 0 Å². The van der Waals surface area contributed by atoms with Gasteiger partial charge < -0.3 is 10.1 Å². The topological polar surface area (TPSA) is 21.3 Å². The fourth-order valence-electron chi connectivity index (χ4n) is 1.22. The van der Waals surface area contributed by atoms with Gasteiger partial charge in [-0.15, -0.1) is 0 Å². The molecule has 1 heterocycles. The predicted octanol–water partition coefficient (Wildman–Crippen LogP) is 2.78. The molecule has 68 valence electrons. The highest BCUT2D eigenvalue weighted by atomic mass is 35.5. The van der Waals surface area contributed by atoms with Gasteiger partial charge in [-0.25, -0.2) is 0 Å². The van der Waals surface area contributed by atoms with Crippen LogP contribution in [0.5, 0.6) is 5.75 Å². The van der Waals surface area contributed by atoms with Crippen molar-refractivity contribution < 1.29 is 4.74 Å². The third kappa shape index (κ3) is 1.49. The maximum absolute atomic E-state index is 6.05. The minimum absolute atomic E-state index is 0.408. The van der Waals surface area contributed by atoms with Crippen LogP contribution in [0.2, 0.25) is 5.02 Å². The Bertz CT molecular complexity index is 378. The Morgan fingerprint density at radius 3 is 3.08 bits per heavy atom. The highest BCUT2D eigenvalue weighted by Crippen LogP contribution is 2.37. The molecule has 0 bridgehead atoms. The zero-order chi connectivity index (χ0) is 9.42. The van der Waals surface area contributed by atoms with Crippen LogP contribution in [0.1, 0.15) is 5.56 Å². The van der Waals surface area contributed by atoms with E-state index in [-0.39, 0.29) is 0 Å². The third-order valence-electron chi connectivity index (χ3n) is 1.91. The lowest BCUT2D eigenvalue weighted by atomic mass is 10.2. The van der Waals surface area contributed by atoms with Crippen LogP contribution in [-0.4, -0.2) is 11.6 Å². The van der Waals surface area contributed by atoms with Gasteiger partial charge in [0.15, 0.2) is 5.75 Å². The van der Waals surface area contributed by atoms with Crippen molar-refractivity contribution in [3.05, 3.63) is 22.7 Å². The number of benzene rings is 1. The average Bonchev–Trinajstić information content (AvgIpc) is 2.12. The Balaban J connectivity index is 2.53. The molecular formula is C9H8ClNOS. The first-order chi connectivity index (χ1) is 6.18. The Morgan fingerprint density at radius 2 is 2.31 bits per heavy atom. The SMILES string of the molecule is Cc1ccc2c(c1Cl)OCC(=S)N2. The van der Waals surface area contributed by atoms with E-state index in [0.29, 0.717) is 22.4 Å². The molecule has 0 fully saturated rings. The summed E-state index contributed by atoms with van der Waals surface area (Å²) in [4.78, 5) is 0.687. The standard InChI is InChI=1S/C9H8ClNOS/c1-5-2-3-6-9(8(5)10)12-4-7(13)11-6/h2-3H,4H2,1H3,(H,11,13). The van der Waals surface area contributed by atoms with Crippen LogP contribution in [0.4, 0.5) is 5.69 Å². The number of hydrogen-bond acceptors (Lipinski definition) is 2. The van der Waals surface area contributed by atoms with Crippen molar-refractivity contribution in [2.75, 3.05) is 11.9 Å². The van der Waals surface area contributed by atoms with Crippen LogP contribution in [0.3, 0.4) is 0 Å². The lowest BCUT2D eigenvalue weighted by molar-refractivity contribution is 0.375. The van der Waals surface area contributed by atoms with E-state index in [0.717, 1.165) is 11.3 Å². The molecule has 2 rings (SSSR count). The Kier molecular flexibility index (Phi) is 2.14. The van der Waals surface area contributed by atoms with E-state index in [1.165, 1.54) is 0 Å². The molecule has 1 aromatic rings. The number of thiocarbonyl (C=S) groups is 1. The molecule has 0 amide bonds. The molecule has 0 atom stereocenters. The van der Waals surface area contributed by atoms with Crippen molar-refractivity contribution >= 4 is 34.5 Å².